The van der Waals surface area contributed by atoms with E-state index in [2.05, 4.69) is 20.9 Å². The summed E-state index contributed by atoms with van der Waals surface area (Å²) < 4.78 is 0. The van der Waals surface area contributed by atoms with Crippen LogP contribution in [-0.2, 0) is 20.8 Å². The predicted molar refractivity (Wildman–Crippen MR) is 132 cm³/mol. The minimum atomic E-state index is -0.710. The number of amides is 3. The molecular formula is C26H35N5O3. The summed E-state index contributed by atoms with van der Waals surface area (Å²) in [5.74, 6) is -0.404. The Labute approximate surface area is 201 Å². The highest BCUT2D eigenvalue weighted by Crippen LogP contribution is 2.31. The molecule has 34 heavy (non-hydrogen) atoms. The van der Waals surface area contributed by atoms with Crippen molar-refractivity contribution in [3.05, 3.63) is 59.8 Å². The minimum absolute atomic E-state index is 0.0981. The Morgan fingerprint density at radius 2 is 1.74 bits per heavy atom. The lowest BCUT2D eigenvalue weighted by Crippen LogP contribution is -2.57. The van der Waals surface area contributed by atoms with E-state index in [0.717, 1.165) is 11.1 Å². The third kappa shape index (κ3) is 5.62. The summed E-state index contributed by atoms with van der Waals surface area (Å²) in [4.78, 5) is 45.3. The molecule has 0 fully saturated rings. The van der Waals surface area contributed by atoms with Gasteiger partial charge in [-0.2, -0.15) is 0 Å². The number of nitrogens with zero attached hydrogens (tertiary/aromatic N) is 2. The molecule has 1 aliphatic heterocycles. The van der Waals surface area contributed by atoms with E-state index in [1.165, 1.54) is 0 Å². The highest BCUT2D eigenvalue weighted by atomic mass is 16.2. The number of anilines is 1. The van der Waals surface area contributed by atoms with E-state index in [-0.39, 0.29) is 35.6 Å². The molecular weight excluding hydrogens is 430 g/mol. The molecule has 1 aliphatic rings. The van der Waals surface area contributed by atoms with E-state index in [1.54, 1.807) is 25.1 Å². The maximum atomic E-state index is 13.7. The Bertz CT molecular complexity index is 1010. The Hall–Kier alpha value is -3.26. The summed E-state index contributed by atoms with van der Waals surface area (Å²) in [6.07, 6.45) is 2.24. The van der Waals surface area contributed by atoms with E-state index >= 15 is 0 Å². The number of benzene rings is 1. The summed E-state index contributed by atoms with van der Waals surface area (Å²) >= 11 is 0. The number of hydrogen-bond donors (Lipinski definition) is 3. The molecule has 2 aromatic rings. The molecule has 2 heterocycles. The lowest BCUT2D eigenvalue weighted by Gasteiger charge is -2.31. The zero-order valence-corrected chi connectivity index (χ0v) is 20.5. The van der Waals surface area contributed by atoms with Crippen LogP contribution in [0.3, 0.4) is 0 Å². The lowest BCUT2D eigenvalue weighted by atomic mass is 10.00. The van der Waals surface area contributed by atoms with Crippen LogP contribution in [0, 0.1) is 5.92 Å². The van der Waals surface area contributed by atoms with Gasteiger partial charge in [0, 0.05) is 12.7 Å². The number of fused-ring (bicyclic) bond motifs is 1. The van der Waals surface area contributed by atoms with Crippen LogP contribution in [-0.4, -0.2) is 54.4 Å². The van der Waals surface area contributed by atoms with Gasteiger partial charge >= 0.3 is 0 Å². The number of likely N-dealkylation sites (N-methyl/N-ethyl adjacent to an activating group) is 1. The molecule has 182 valence electrons. The van der Waals surface area contributed by atoms with E-state index in [0.29, 0.717) is 18.8 Å². The first-order chi connectivity index (χ1) is 16.2. The first-order valence-corrected chi connectivity index (χ1v) is 11.8. The standard InChI is InChI=1S/C26H35N5O3/c1-16(2)22(30-25(33)18(4)27-5)26(34)31-21(14-20-12-9-13-28-23(20)31)15-29-24(32)17(3)19-10-7-6-8-11-19/h6-13,16-18,21-22,27H,14-15H2,1-5H3,(H,29,32)(H,30,33)/t17-,18-,21-,22?/m0/s1. The van der Waals surface area contributed by atoms with Gasteiger partial charge in [0.15, 0.2) is 0 Å². The van der Waals surface area contributed by atoms with Gasteiger partial charge < -0.3 is 16.0 Å². The smallest absolute Gasteiger partial charge is 0.251 e. The SMILES string of the molecule is CN[C@@H](C)C(=O)NC(C(=O)N1c2ncccc2C[C@H]1CNC(=O)[C@@H](C)c1ccccc1)C(C)C. The van der Waals surface area contributed by atoms with Crippen molar-refractivity contribution in [1.82, 2.24) is 20.9 Å². The number of aromatic nitrogens is 1. The van der Waals surface area contributed by atoms with Crippen molar-refractivity contribution in [2.24, 2.45) is 5.92 Å². The third-order valence-corrected chi connectivity index (χ3v) is 6.42. The number of hydrogen-bond acceptors (Lipinski definition) is 5. The summed E-state index contributed by atoms with van der Waals surface area (Å²) in [7, 11) is 1.70. The lowest BCUT2D eigenvalue weighted by molar-refractivity contribution is -0.129. The second kappa shape index (κ2) is 11.2. The summed E-state index contributed by atoms with van der Waals surface area (Å²) in [5, 5.41) is 8.81. The number of nitrogens with one attached hydrogen (secondary N) is 3. The van der Waals surface area contributed by atoms with Crippen LogP contribution < -0.4 is 20.9 Å². The molecule has 0 spiro atoms. The van der Waals surface area contributed by atoms with Crippen LogP contribution in [0.5, 0.6) is 0 Å². The highest BCUT2D eigenvalue weighted by molar-refractivity contribution is 6.01. The highest BCUT2D eigenvalue weighted by Gasteiger charge is 2.40. The van der Waals surface area contributed by atoms with E-state index in [1.807, 2.05) is 63.2 Å². The van der Waals surface area contributed by atoms with Gasteiger partial charge in [-0.3, -0.25) is 19.3 Å². The maximum absolute atomic E-state index is 13.7. The Balaban J connectivity index is 1.78. The first-order valence-electron chi connectivity index (χ1n) is 11.8. The van der Waals surface area contributed by atoms with Crippen LogP contribution in [0.15, 0.2) is 48.7 Å². The van der Waals surface area contributed by atoms with Gasteiger partial charge in [0.2, 0.25) is 11.8 Å². The summed E-state index contributed by atoms with van der Waals surface area (Å²) in [6.45, 7) is 7.72. The fraction of sp³-hybridized carbons (Fsp3) is 0.462. The van der Waals surface area contributed by atoms with Gasteiger partial charge in [-0.15, -0.1) is 0 Å². The van der Waals surface area contributed by atoms with Crippen molar-refractivity contribution in [2.45, 2.75) is 58.2 Å². The maximum Gasteiger partial charge on any atom is 0.251 e. The van der Waals surface area contributed by atoms with E-state index < -0.39 is 12.1 Å². The molecule has 3 rings (SSSR count). The largest absolute Gasteiger partial charge is 0.353 e. The van der Waals surface area contributed by atoms with Crippen molar-refractivity contribution < 1.29 is 14.4 Å². The molecule has 4 atom stereocenters. The number of pyridine rings is 1. The van der Waals surface area contributed by atoms with Gasteiger partial charge in [0.05, 0.1) is 18.0 Å². The average molecular weight is 466 g/mol. The van der Waals surface area contributed by atoms with Crippen molar-refractivity contribution in [1.29, 1.82) is 0 Å². The quantitative estimate of drug-likeness (QED) is 0.526. The third-order valence-electron chi connectivity index (χ3n) is 6.42. The van der Waals surface area contributed by atoms with Crippen LogP contribution in [0.4, 0.5) is 5.82 Å². The van der Waals surface area contributed by atoms with Gasteiger partial charge in [0.25, 0.3) is 5.91 Å². The van der Waals surface area contributed by atoms with Crippen molar-refractivity contribution in [2.75, 3.05) is 18.5 Å². The van der Waals surface area contributed by atoms with Gasteiger partial charge in [-0.05, 0) is 50.4 Å². The number of rotatable bonds is 9. The molecule has 0 aliphatic carbocycles. The predicted octanol–water partition coefficient (Wildman–Crippen LogP) is 2.01. The molecule has 0 saturated carbocycles. The first kappa shape index (κ1) is 25.4. The molecule has 0 radical (unpaired) electrons. The zero-order chi connectivity index (χ0) is 24.8. The second-order valence-electron chi connectivity index (χ2n) is 9.17. The number of carbonyl (C=O) groups excluding carboxylic acids is 3. The van der Waals surface area contributed by atoms with Crippen LogP contribution in [0.2, 0.25) is 0 Å². The molecule has 0 bridgehead atoms. The summed E-state index contributed by atoms with van der Waals surface area (Å²) in [6, 6.07) is 12.0. The van der Waals surface area contributed by atoms with Crippen LogP contribution in [0.25, 0.3) is 0 Å². The van der Waals surface area contributed by atoms with Crippen molar-refractivity contribution in [3.63, 3.8) is 0 Å². The topological polar surface area (TPSA) is 103 Å². The normalized spacial score (nSPS) is 17.6. The van der Waals surface area contributed by atoms with Gasteiger partial charge in [-0.25, -0.2) is 4.98 Å². The Kier molecular flexibility index (Phi) is 8.39. The molecule has 8 heteroatoms. The fourth-order valence-electron chi connectivity index (χ4n) is 4.11. The Morgan fingerprint density at radius 1 is 1.03 bits per heavy atom. The van der Waals surface area contributed by atoms with E-state index in [9.17, 15) is 14.4 Å². The number of carbonyl (C=O) groups is 3. The molecule has 0 saturated heterocycles. The Morgan fingerprint density at radius 3 is 2.38 bits per heavy atom. The second-order valence-corrected chi connectivity index (χ2v) is 9.17. The van der Waals surface area contributed by atoms with Crippen LogP contribution in [0.1, 0.15) is 44.7 Å². The molecule has 1 unspecified atom stereocenters. The molecule has 3 amide bonds. The van der Waals surface area contributed by atoms with Gasteiger partial charge in [-0.1, -0.05) is 50.2 Å². The monoisotopic (exact) mass is 465 g/mol. The minimum Gasteiger partial charge on any atom is -0.353 e. The van der Waals surface area contributed by atoms with Crippen molar-refractivity contribution >= 4 is 23.5 Å². The van der Waals surface area contributed by atoms with Crippen molar-refractivity contribution in [3.8, 4) is 0 Å². The fourth-order valence-corrected chi connectivity index (χ4v) is 4.11. The average Bonchev–Trinajstić information content (AvgIpc) is 3.22. The summed E-state index contributed by atoms with van der Waals surface area (Å²) in [5.41, 5.74) is 1.88. The van der Waals surface area contributed by atoms with E-state index in [4.69, 9.17) is 0 Å². The molecule has 3 N–H and O–H groups in total. The molecule has 8 nitrogen and oxygen atoms in total. The molecule has 1 aromatic heterocycles. The van der Waals surface area contributed by atoms with Gasteiger partial charge in [0.1, 0.15) is 11.9 Å². The zero-order valence-electron chi connectivity index (χ0n) is 20.5. The van der Waals surface area contributed by atoms with Crippen LogP contribution >= 0.6 is 0 Å². The molecule has 1 aromatic carbocycles.